The second-order valence-electron chi connectivity index (χ2n) is 21.0. The molecule has 19 heteroatoms. The monoisotopic (exact) mass is 977 g/mol. The molecule has 0 spiro atoms. The summed E-state index contributed by atoms with van der Waals surface area (Å²) >= 11 is 0. The lowest BCUT2D eigenvalue weighted by molar-refractivity contribution is -0.298. The van der Waals surface area contributed by atoms with Crippen LogP contribution in [0.3, 0.4) is 0 Å². The van der Waals surface area contributed by atoms with Crippen molar-refractivity contribution >= 4 is 29.8 Å². The summed E-state index contributed by atoms with van der Waals surface area (Å²) in [5.41, 5.74) is 0.00254. The van der Waals surface area contributed by atoms with Crippen molar-refractivity contribution in [2.24, 2.45) is 17.3 Å². The van der Waals surface area contributed by atoms with Crippen LogP contribution in [0.4, 0.5) is 0 Å². The number of hydroxylamine groups is 2. The summed E-state index contributed by atoms with van der Waals surface area (Å²) < 4.78 is 36.7. The van der Waals surface area contributed by atoms with Crippen LogP contribution in [0.1, 0.15) is 82.4 Å². The minimum absolute atomic E-state index is 0.0243. The number of carbonyl (C=O) groups is 4. The summed E-state index contributed by atoms with van der Waals surface area (Å²) in [6.07, 6.45) is -2.82. The third-order valence-electron chi connectivity index (χ3n) is 14.8. The number of rotatable bonds is 19. The molecule has 2 amide bonds. The number of aliphatic hydroxyl groups is 5. The zero-order valence-electron chi connectivity index (χ0n) is 40.0. The summed E-state index contributed by atoms with van der Waals surface area (Å²) in [4.78, 5) is 65.9. The maximum absolute atomic E-state index is 15.8. The molecule has 4 saturated heterocycles. The number of fused-ring (bicyclic) bond motifs is 4. The number of likely N-dealkylation sites (N-methyl/N-ethyl adjacent to an activating group) is 1. The lowest BCUT2D eigenvalue weighted by Gasteiger charge is -2.50. The van der Waals surface area contributed by atoms with Gasteiger partial charge in [0.1, 0.15) is 65.9 Å². The first-order valence-electron chi connectivity index (χ1n) is 24.6. The average molecular weight is 978 g/mol. The van der Waals surface area contributed by atoms with E-state index in [1.54, 1.807) is 40.0 Å². The predicted octanol–water partition coefficient (Wildman–Crippen LogP) is 1.29. The topological polar surface area (TPSA) is 253 Å². The number of amides is 2. The second-order valence-corrected chi connectivity index (χ2v) is 21.0. The van der Waals surface area contributed by atoms with Crippen molar-refractivity contribution in [2.75, 3.05) is 26.9 Å². The van der Waals surface area contributed by atoms with E-state index >= 15 is 4.79 Å². The minimum atomic E-state index is -1.57. The SMILES string of the molecule is CN(C(=O)C12CC3OC(=O)C1N(Cc1ccc(C=CCOC4OC(CO)C(O)C(O)C4O)cc1)OC2C1OC(C2CC2)(C2CC2)OC31)C(Cc1ccccc1)C(=O)NC(CO)CCC(=O)OC(C)(C)C. The number of nitrogens with zero attached hydrogens (tertiary/aromatic N) is 2. The number of carbonyl (C=O) groups excluding carboxylic acids is 4. The number of hydrogen-bond acceptors (Lipinski definition) is 17. The molecule has 7 aliphatic rings. The standard InChI is InChI=1S/C51H67N3O16/c1-49(2,3)67-37(57)21-20-33(26-55)52-45(61)34(23-29-9-6-5-7-10-29)53(4)48(63)50-24-35-41-42(69-51(68-41,31-16-17-31)32-18-19-32)44(50)70-54(43(50)46(62)65-35)25-30-14-12-28(13-15-30)11-8-22-64-47-40(60)39(59)38(58)36(27-56)66-47/h5-15,31-36,38-44,47,55-56,58-60H,16-27H2,1-4H3,(H,52,61). The lowest BCUT2D eigenvalue weighted by atomic mass is 9.62. The first kappa shape index (κ1) is 50.6. The molecule has 0 aromatic heterocycles. The maximum Gasteiger partial charge on any atom is 0.327 e. The second kappa shape index (κ2) is 20.3. The van der Waals surface area contributed by atoms with Crippen molar-refractivity contribution in [2.45, 2.75) is 163 Å². The fourth-order valence-corrected chi connectivity index (χ4v) is 11.0. The normalized spacial score (nSPS) is 33.3. The van der Waals surface area contributed by atoms with Gasteiger partial charge < -0.3 is 64.2 Å². The molecule has 382 valence electrons. The van der Waals surface area contributed by atoms with E-state index in [4.69, 9.17) is 33.3 Å². The van der Waals surface area contributed by atoms with E-state index in [0.29, 0.717) is 0 Å². The summed E-state index contributed by atoms with van der Waals surface area (Å²) in [6, 6.07) is 13.5. The van der Waals surface area contributed by atoms with E-state index in [1.165, 1.54) is 9.96 Å². The van der Waals surface area contributed by atoms with Gasteiger partial charge in [0, 0.05) is 38.1 Å². The highest BCUT2D eigenvalue weighted by molar-refractivity contribution is 5.96. The summed E-state index contributed by atoms with van der Waals surface area (Å²) in [5, 5.41) is 54.8. The highest BCUT2D eigenvalue weighted by atomic mass is 16.8. The van der Waals surface area contributed by atoms with Crippen molar-refractivity contribution in [1.29, 1.82) is 0 Å². The van der Waals surface area contributed by atoms with Crippen LogP contribution in [-0.2, 0) is 65.4 Å². The molecule has 9 rings (SSSR count). The number of aliphatic hydroxyl groups excluding tert-OH is 5. The quantitative estimate of drug-likeness (QED) is 0.109. The molecule has 6 N–H and O–H groups in total. The fraction of sp³-hybridized carbons (Fsp3) is 0.647. The Balaban J connectivity index is 0.967. The van der Waals surface area contributed by atoms with Crippen LogP contribution in [0, 0.1) is 17.3 Å². The number of nitrogens with one attached hydrogen (secondary N) is 1. The molecule has 7 fully saturated rings. The Hall–Kier alpha value is -4.38. The molecule has 3 saturated carbocycles. The van der Waals surface area contributed by atoms with Gasteiger partial charge in [0.2, 0.25) is 11.8 Å². The first-order valence-corrected chi connectivity index (χ1v) is 24.6. The fourth-order valence-electron chi connectivity index (χ4n) is 11.0. The van der Waals surface area contributed by atoms with E-state index in [0.717, 1.165) is 42.4 Å². The highest BCUT2D eigenvalue weighted by Gasteiger charge is 2.78. The molecule has 2 bridgehead atoms. The van der Waals surface area contributed by atoms with Crippen LogP contribution < -0.4 is 5.32 Å². The van der Waals surface area contributed by atoms with E-state index < -0.39 is 127 Å². The van der Waals surface area contributed by atoms with Crippen molar-refractivity contribution in [3.8, 4) is 0 Å². The third kappa shape index (κ3) is 10.0. The number of benzene rings is 2. The van der Waals surface area contributed by atoms with Gasteiger partial charge in [-0.2, -0.15) is 5.06 Å². The third-order valence-corrected chi connectivity index (χ3v) is 14.8. The Morgan fingerprint density at radius 1 is 0.929 bits per heavy atom. The van der Waals surface area contributed by atoms with Crippen LogP contribution >= 0.6 is 0 Å². The Labute approximate surface area is 406 Å². The summed E-state index contributed by atoms with van der Waals surface area (Å²) in [6.45, 7) is 4.29. The predicted molar refractivity (Wildman–Crippen MR) is 245 cm³/mol. The molecule has 2 aromatic carbocycles. The molecule has 4 aliphatic heterocycles. The Kier molecular flexibility index (Phi) is 14.6. The Morgan fingerprint density at radius 3 is 2.26 bits per heavy atom. The largest absolute Gasteiger partial charge is 0.460 e. The molecule has 70 heavy (non-hydrogen) atoms. The highest BCUT2D eigenvalue weighted by Crippen LogP contribution is 2.64. The van der Waals surface area contributed by atoms with Gasteiger partial charge in [0.25, 0.3) is 0 Å². The maximum atomic E-state index is 15.8. The van der Waals surface area contributed by atoms with Gasteiger partial charge in [-0.1, -0.05) is 66.7 Å². The first-order chi connectivity index (χ1) is 33.5. The van der Waals surface area contributed by atoms with Crippen LogP contribution in [0.5, 0.6) is 0 Å². The van der Waals surface area contributed by atoms with Gasteiger partial charge in [-0.25, -0.2) is 0 Å². The average Bonchev–Trinajstić information content (AvgIpc) is 4.29. The lowest BCUT2D eigenvalue weighted by Crippen LogP contribution is -2.70. The zero-order valence-corrected chi connectivity index (χ0v) is 40.0. The number of hydrogen-bond donors (Lipinski definition) is 6. The van der Waals surface area contributed by atoms with Crippen LogP contribution in [0.15, 0.2) is 60.7 Å². The molecule has 4 heterocycles. The number of ether oxygens (including phenoxy) is 6. The van der Waals surface area contributed by atoms with Gasteiger partial charge in [-0.15, -0.1) is 0 Å². The van der Waals surface area contributed by atoms with E-state index in [2.05, 4.69) is 5.32 Å². The van der Waals surface area contributed by atoms with Crippen molar-refractivity contribution < 1.29 is 78.0 Å². The Morgan fingerprint density at radius 2 is 1.61 bits per heavy atom. The van der Waals surface area contributed by atoms with E-state index in [-0.39, 0.29) is 50.7 Å². The van der Waals surface area contributed by atoms with Gasteiger partial charge >= 0.3 is 11.9 Å². The zero-order chi connectivity index (χ0) is 49.7. The molecule has 13 atom stereocenters. The van der Waals surface area contributed by atoms with Crippen LogP contribution in [-0.4, -0.2) is 171 Å². The van der Waals surface area contributed by atoms with Crippen molar-refractivity contribution in [1.82, 2.24) is 15.3 Å². The number of esters is 2. The Bertz CT molecular complexity index is 2220. The molecule has 13 unspecified atom stereocenters. The molecule has 3 aliphatic carbocycles. The minimum Gasteiger partial charge on any atom is -0.460 e. The van der Waals surface area contributed by atoms with Crippen LogP contribution in [0.2, 0.25) is 0 Å². The summed E-state index contributed by atoms with van der Waals surface area (Å²) in [7, 11) is 1.55. The van der Waals surface area contributed by atoms with Crippen molar-refractivity contribution in [3.63, 3.8) is 0 Å². The van der Waals surface area contributed by atoms with E-state index in [9.17, 15) is 39.9 Å². The van der Waals surface area contributed by atoms with Gasteiger partial charge in [0.15, 0.2) is 18.1 Å². The van der Waals surface area contributed by atoms with E-state index in [1.807, 2.05) is 54.6 Å². The summed E-state index contributed by atoms with van der Waals surface area (Å²) in [5.74, 6) is -2.71. The molecule has 2 aromatic rings. The smallest absolute Gasteiger partial charge is 0.327 e. The van der Waals surface area contributed by atoms with Crippen molar-refractivity contribution in [3.05, 3.63) is 77.4 Å². The van der Waals surface area contributed by atoms with Gasteiger partial charge in [0.05, 0.1) is 32.4 Å². The molecule has 19 nitrogen and oxygen atoms in total. The molecule has 0 radical (unpaired) electrons. The van der Waals surface area contributed by atoms with Gasteiger partial charge in [-0.05, 0) is 69.6 Å². The molecular weight excluding hydrogens is 911 g/mol. The molecular formula is C51H67N3O16. The van der Waals surface area contributed by atoms with Gasteiger partial charge in [-0.3, -0.25) is 24.0 Å². The van der Waals surface area contributed by atoms with Crippen LogP contribution in [0.25, 0.3) is 6.08 Å².